The van der Waals surface area contributed by atoms with E-state index in [1.165, 1.54) is 18.4 Å². The molecule has 3 rings (SSSR count). The van der Waals surface area contributed by atoms with Crippen molar-refractivity contribution in [1.29, 1.82) is 0 Å². The summed E-state index contributed by atoms with van der Waals surface area (Å²) in [6.07, 6.45) is 1.82. The summed E-state index contributed by atoms with van der Waals surface area (Å²) in [6, 6.07) is 7.67. The predicted octanol–water partition coefficient (Wildman–Crippen LogP) is 1.57. The third kappa shape index (κ3) is 2.32. The van der Waals surface area contributed by atoms with Crippen molar-refractivity contribution < 1.29 is 9.53 Å². The summed E-state index contributed by atoms with van der Waals surface area (Å²) >= 11 is 1.45. The molecule has 0 aliphatic heterocycles. The van der Waals surface area contributed by atoms with Crippen LogP contribution in [0.25, 0.3) is 15.5 Å². The summed E-state index contributed by atoms with van der Waals surface area (Å²) in [5.41, 5.74) is 1.85. The maximum Gasteiger partial charge on any atom is 0.309 e. The van der Waals surface area contributed by atoms with E-state index < -0.39 is 0 Å². The lowest BCUT2D eigenvalue weighted by molar-refractivity contribution is -0.139. The molecule has 7 heteroatoms. The Hall–Kier alpha value is -2.28. The molecule has 19 heavy (non-hydrogen) atoms. The van der Waals surface area contributed by atoms with Gasteiger partial charge in [-0.05, 0) is 11.6 Å². The molecule has 0 radical (unpaired) electrons. The molecular formula is C12H10N4O2S. The number of nitrogens with zero attached hydrogens (tertiary/aromatic N) is 4. The first-order valence-corrected chi connectivity index (χ1v) is 6.41. The summed E-state index contributed by atoms with van der Waals surface area (Å²) in [5, 5.41) is 12.9. The second-order valence-electron chi connectivity index (χ2n) is 3.92. The summed E-state index contributed by atoms with van der Waals surface area (Å²) in [5.74, 6) is -0.254. The van der Waals surface area contributed by atoms with Crippen molar-refractivity contribution in [1.82, 2.24) is 19.8 Å². The van der Waals surface area contributed by atoms with Crippen LogP contribution in [0.2, 0.25) is 0 Å². The molecule has 3 aromatic rings. The Bertz CT molecular complexity index is 705. The first-order chi connectivity index (χ1) is 9.26. The van der Waals surface area contributed by atoms with Crippen LogP contribution in [0.1, 0.15) is 5.56 Å². The van der Waals surface area contributed by atoms with E-state index in [-0.39, 0.29) is 12.4 Å². The van der Waals surface area contributed by atoms with Gasteiger partial charge >= 0.3 is 5.97 Å². The first-order valence-electron chi connectivity index (χ1n) is 5.59. The van der Waals surface area contributed by atoms with Crippen molar-refractivity contribution in [2.75, 3.05) is 7.11 Å². The predicted molar refractivity (Wildman–Crippen MR) is 69.8 cm³/mol. The van der Waals surface area contributed by atoms with Crippen molar-refractivity contribution in [2.24, 2.45) is 0 Å². The quantitative estimate of drug-likeness (QED) is 0.678. The molecule has 0 amide bonds. The largest absolute Gasteiger partial charge is 0.469 e. The standard InChI is InChI=1S/C12H10N4O2S/c1-18-10(17)6-8-3-2-4-9(5-8)11-15-16-7-13-14-12(16)19-11/h2-5,7H,6H2,1H3. The zero-order chi connectivity index (χ0) is 13.2. The summed E-state index contributed by atoms with van der Waals surface area (Å²) in [4.78, 5) is 12.0. The van der Waals surface area contributed by atoms with Crippen LogP contribution >= 0.6 is 11.3 Å². The van der Waals surface area contributed by atoms with E-state index in [2.05, 4.69) is 20.0 Å². The van der Waals surface area contributed by atoms with Crippen LogP contribution in [0.15, 0.2) is 30.6 Å². The molecule has 0 N–H and O–H groups in total. The SMILES string of the molecule is COC(=O)Cc1cccc(-c2nn3cnnc3s2)c1. The number of esters is 1. The number of hydrogen-bond acceptors (Lipinski definition) is 6. The van der Waals surface area contributed by atoms with E-state index >= 15 is 0 Å². The fourth-order valence-corrected chi connectivity index (χ4v) is 2.55. The van der Waals surface area contributed by atoms with Crippen molar-refractivity contribution in [2.45, 2.75) is 6.42 Å². The number of carbonyl (C=O) groups excluding carboxylic acids is 1. The molecular weight excluding hydrogens is 264 g/mol. The molecule has 0 bridgehead atoms. The minimum absolute atomic E-state index is 0.254. The Labute approximate surface area is 112 Å². The molecule has 2 heterocycles. The summed E-state index contributed by atoms with van der Waals surface area (Å²) in [7, 11) is 1.38. The zero-order valence-electron chi connectivity index (χ0n) is 10.1. The molecule has 0 saturated carbocycles. The van der Waals surface area contributed by atoms with E-state index in [1.807, 2.05) is 24.3 Å². The second-order valence-corrected chi connectivity index (χ2v) is 4.87. The average Bonchev–Trinajstić information content (AvgIpc) is 2.99. The fourth-order valence-electron chi connectivity index (χ4n) is 1.73. The highest BCUT2D eigenvalue weighted by Crippen LogP contribution is 2.25. The Morgan fingerprint density at radius 3 is 3.16 bits per heavy atom. The highest BCUT2D eigenvalue weighted by molar-refractivity contribution is 7.19. The van der Waals surface area contributed by atoms with Gasteiger partial charge in [0.2, 0.25) is 4.96 Å². The van der Waals surface area contributed by atoms with Gasteiger partial charge in [0.1, 0.15) is 11.3 Å². The smallest absolute Gasteiger partial charge is 0.309 e. The van der Waals surface area contributed by atoms with Crippen molar-refractivity contribution in [3.8, 4) is 10.6 Å². The van der Waals surface area contributed by atoms with Crippen LogP contribution < -0.4 is 0 Å². The van der Waals surface area contributed by atoms with Crippen molar-refractivity contribution >= 4 is 22.3 Å². The van der Waals surface area contributed by atoms with Crippen LogP contribution in [0, 0.1) is 0 Å². The fraction of sp³-hybridized carbons (Fsp3) is 0.167. The number of ether oxygens (including phenoxy) is 1. The number of rotatable bonds is 3. The van der Waals surface area contributed by atoms with Crippen LogP contribution in [0.5, 0.6) is 0 Å². The lowest BCUT2D eigenvalue weighted by Crippen LogP contribution is -2.04. The normalized spacial score (nSPS) is 10.8. The Kier molecular flexibility index (Phi) is 2.96. The molecule has 2 aromatic heterocycles. The van der Waals surface area contributed by atoms with Gasteiger partial charge in [0.05, 0.1) is 13.5 Å². The molecule has 96 valence electrons. The van der Waals surface area contributed by atoms with Gasteiger partial charge in [0.25, 0.3) is 0 Å². The molecule has 0 aliphatic rings. The third-order valence-electron chi connectivity index (χ3n) is 2.64. The van der Waals surface area contributed by atoms with Crippen LogP contribution in [-0.4, -0.2) is 32.9 Å². The zero-order valence-corrected chi connectivity index (χ0v) is 10.9. The van der Waals surface area contributed by atoms with E-state index in [0.29, 0.717) is 0 Å². The van der Waals surface area contributed by atoms with Gasteiger partial charge in [-0.3, -0.25) is 4.79 Å². The van der Waals surface area contributed by atoms with E-state index in [9.17, 15) is 4.79 Å². The number of aromatic nitrogens is 4. The lowest BCUT2D eigenvalue weighted by Gasteiger charge is -2.01. The Morgan fingerprint density at radius 1 is 1.47 bits per heavy atom. The van der Waals surface area contributed by atoms with Gasteiger partial charge in [0, 0.05) is 5.56 Å². The minimum Gasteiger partial charge on any atom is -0.469 e. The van der Waals surface area contributed by atoms with Gasteiger partial charge in [-0.2, -0.15) is 9.61 Å². The number of benzene rings is 1. The highest BCUT2D eigenvalue weighted by Gasteiger charge is 2.09. The molecule has 1 aromatic carbocycles. The average molecular weight is 274 g/mol. The van der Waals surface area contributed by atoms with E-state index in [4.69, 9.17) is 0 Å². The van der Waals surface area contributed by atoms with Gasteiger partial charge in [-0.15, -0.1) is 10.2 Å². The molecule has 0 fully saturated rings. The molecule has 0 saturated heterocycles. The number of fused-ring (bicyclic) bond motifs is 1. The minimum atomic E-state index is -0.254. The van der Waals surface area contributed by atoms with E-state index in [0.717, 1.165) is 21.1 Å². The second kappa shape index (κ2) is 4.77. The topological polar surface area (TPSA) is 69.4 Å². The Balaban J connectivity index is 1.94. The molecule has 0 atom stereocenters. The van der Waals surface area contributed by atoms with Gasteiger partial charge < -0.3 is 4.74 Å². The maximum atomic E-state index is 11.3. The summed E-state index contributed by atoms with van der Waals surface area (Å²) in [6.45, 7) is 0. The van der Waals surface area contributed by atoms with Gasteiger partial charge in [-0.25, -0.2) is 0 Å². The summed E-state index contributed by atoms with van der Waals surface area (Å²) < 4.78 is 6.29. The van der Waals surface area contributed by atoms with Gasteiger partial charge in [0.15, 0.2) is 0 Å². The number of carbonyl (C=O) groups is 1. The van der Waals surface area contributed by atoms with E-state index in [1.54, 1.807) is 10.8 Å². The van der Waals surface area contributed by atoms with Crippen LogP contribution in [0.3, 0.4) is 0 Å². The van der Waals surface area contributed by atoms with Crippen LogP contribution in [-0.2, 0) is 16.0 Å². The molecule has 0 unspecified atom stereocenters. The monoisotopic (exact) mass is 274 g/mol. The Morgan fingerprint density at radius 2 is 2.37 bits per heavy atom. The first kappa shape index (κ1) is 11.8. The highest BCUT2D eigenvalue weighted by atomic mass is 32.1. The third-order valence-corrected chi connectivity index (χ3v) is 3.60. The lowest BCUT2D eigenvalue weighted by atomic mass is 10.1. The van der Waals surface area contributed by atoms with Crippen molar-refractivity contribution in [3.63, 3.8) is 0 Å². The van der Waals surface area contributed by atoms with Crippen LogP contribution in [0.4, 0.5) is 0 Å². The van der Waals surface area contributed by atoms with Crippen molar-refractivity contribution in [3.05, 3.63) is 36.2 Å². The molecule has 0 spiro atoms. The molecule has 6 nitrogen and oxygen atoms in total. The number of hydrogen-bond donors (Lipinski definition) is 0. The maximum absolute atomic E-state index is 11.3. The number of methoxy groups -OCH3 is 1. The van der Waals surface area contributed by atoms with Gasteiger partial charge in [-0.1, -0.05) is 29.5 Å². The molecule has 0 aliphatic carbocycles.